The Morgan fingerprint density at radius 2 is 1.28 bits per heavy atom. The summed E-state index contributed by atoms with van der Waals surface area (Å²) in [6.07, 6.45) is 6.94. The summed E-state index contributed by atoms with van der Waals surface area (Å²) >= 11 is 0. The molecular formula is C14H24O4. The van der Waals surface area contributed by atoms with E-state index in [9.17, 15) is 14.4 Å². The van der Waals surface area contributed by atoms with Crippen LogP contribution in [0.5, 0.6) is 0 Å². The van der Waals surface area contributed by atoms with Gasteiger partial charge in [0.25, 0.3) is 0 Å². The number of carboxylic acid groups (broad SMARTS) is 1. The molecule has 0 bridgehead atoms. The van der Waals surface area contributed by atoms with Crippen molar-refractivity contribution in [2.24, 2.45) is 0 Å². The number of aliphatic carboxylic acids is 1. The lowest BCUT2D eigenvalue weighted by Crippen LogP contribution is -2.06. The number of Topliss-reactive ketones (excluding diaryl/α,β-unsaturated/α-hetero) is 2. The van der Waals surface area contributed by atoms with Gasteiger partial charge in [0.05, 0.1) is 0 Å². The number of ketones is 2. The molecule has 0 amide bonds. The first-order chi connectivity index (χ1) is 8.56. The van der Waals surface area contributed by atoms with Crippen LogP contribution in [0, 0.1) is 0 Å². The van der Waals surface area contributed by atoms with Gasteiger partial charge in [0, 0.05) is 19.3 Å². The van der Waals surface area contributed by atoms with Gasteiger partial charge < -0.3 is 5.11 Å². The number of rotatable bonds is 12. The summed E-state index contributed by atoms with van der Waals surface area (Å²) in [4.78, 5) is 32.5. The van der Waals surface area contributed by atoms with Crippen LogP contribution in [0.4, 0.5) is 0 Å². The molecule has 0 aromatic rings. The first-order valence-electron chi connectivity index (χ1n) is 6.81. The monoisotopic (exact) mass is 256 g/mol. The van der Waals surface area contributed by atoms with Crippen molar-refractivity contribution in [3.63, 3.8) is 0 Å². The van der Waals surface area contributed by atoms with Crippen molar-refractivity contribution < 1.29 is 19.5 Å². The molecule has 0 saturated heterocycles. The summed E-state index contributed by atoms with van der Waals surface area (Å²) in [5.41, 5.74) is 0. The lowest BCUT2D eigenvalue weighted by molar-refractivity contribution is -0.140. The minimum absolute atomic E-state index is 0.194. The topological polar surface area (TPSA) is 71.4 Å². The molecule has 104 valence electrons. The van der Waals surface area contributed by atoms with Gasteiger partial charge in [-0.15, -0.1) is 0 Å². The Morgan fingerprint density at radius 3 is 1.78 bits per heavy atom. The summed E-state index contributed by atoms with van der Waals surface area (Å²) < 4.78 is 0. The number of hydrogen-bond acceptors (Lipinski definition) is 3. The minimum Gasteiger partial charge on any atom is -0.481 e. The van der Waals surface area contributed by atoms with Crippen LogP contribution in [-0.2, 0) is 14.4 Å². The summed E-state index contributed by atoms with van der Waals surface area (Å²) in [7, 11) is 0. The maximum Gasteiger partial charge on any atom is 0.310 e. The van der Waals surface area contributed by atoms with E-state index >= 15 is 0 Å². The second kappa shape index (κ2) is 10.9. The smallest absolute Gasteiger partial charge is 0.310 e. The fourth-order valence-electron chi connectivity index (χ4n) is 1.84. The van der Waals surface area contributed by atoms with Gasteiger partial charge in [0.2, 0.25) is 0 Å². The van der Waals surface area contributed by atoms with Gasteiger partial charge in [-0.1, -0.05) is 26.2 Å². The van der Waals surface area contributed by atoms with E-state index < -0.39 is 5.97 Å². The third-order valence-corrected chi connectivity index (χ3v) is 2.79. The van der Waals surface area contributed by atoms with Gasteiger partial charge in [-0.05, 0) is 19.3 Å². The van der Waals surface area contributed by atoms with Crippen molar-refractivity contribution >= 4 is 17.5 Å². The first kappa shape index (κ1) is 16.8. The Labute approximate surface area is 109 Å². The van der Waals surface area contributed by atoms with Crippen LogP contribution in [0.1, 0.15) is 71.1 Å². The second-order valence-corrected chi connectivity index (χ2v) is 4.67. The zero-order valence-electron chi connectivity index (χ0n) is 11.2. The standard InChI is InChI=1S/C14H24O4/c1-2-8-12(15)9-6-4-3-5-7-10-13(16)11-14(17)18/h2-11H2,1H3,(H,17,18). The molecule has 4 nitrogen and oxygen atoms in total. The highest BCUT2D eigenvalue weighted by Crippen LogP contribution is 2.09. The van der Waals surface area contributed by atoms with Crippen molar-refractivity contribution in [3.8, 4) is 0 Å². The molecule has 0 saturated carbocycles. The molecule has 0 aliphatic carbocycles. The Morgan fingerprint density at radius 1 is 0.778 bits per heavy atom. The molecule has 0 aliphatic rings. The predicted molar refractivity (Wildman–Crippen MR) is 69.5 cm³/mol. The molecule has 0 spiro atoms. The van der Waals surface area contributed by atoms with Gasteiger partial charge in [0.15, 0.2) is 0 Å². The summed E-state index contributed by atoms with van der Waals surface area (Å²) in [5, 5.41) is 8.40. The molecule has 0 heterocycles. The number of carboxylic acids is 1. The van der Waals surface area contributed by atoms with Crippen molar-refractivity contribution in [2.45, 2.75) is 71.1 Å². The molecule has 4 heteroatoms. The van der Waals surface area contributed by atoms with E-state index in [1.54, 1.807) is 0 Å². The van der Waals surface area contributed by atoms with Crippen LogP contribution in [0.25, 0.3) is 0 Å². The molecule has 0 rings (SSSR count). The largest absolute Gasteiger partial charge is 0.481 e. The number of carbonyl (C=O) groups excluding carboxylic acids is 2. The van der Waals surface area contributed by atoms with Gasteiger partial charge in [-0.2, -0.15) is 0 Å². The Kier molecular flexibility index (Phi) is 10.2. The number of unbranched alkanes of at least 4 members (excludes halogenated alkanes) is 4. The number of carbonyl (C=O) groups is 3. The van der Waals surface area contributed by atoms with Crippen LogP contribution < -0.4 is 0 Å². The molecule has 0 aliphatic heterocycles. The minimum atomic E-state index is -1.05. The molecule has 0 aromatic heterocycles. The van der Waals surface area contributed by atoms with E-state index in [-0.39, 0.29) is 12.2 Å². The molecule has 0 atom stereocenters. The Hall–Kier alpha value is -1.19. The third kappa shape index (κ3) is 11.3. The molecule has 0 fully saturated rings. The van der Waals surface area contributed by atoms with E-state index in [0.29, 0.717) is 25.0 Å². The van der Waals surface area contributed by atoms with Crippen molar-refractivity contribution in [2.75, 3.05) is 0 Å². The average Bonchev–Trinajstić information content (AvgIpc) is 2.27. The zero-order valence-corrected chi connectivity index (χ0v) is 11.2. The highest BCUT2D eigenvalue weighted by molar-refractivity contribution is 5.94. The van der Waals surface area contributed by atoms with Crippen molar-refractivity contribution in [1.82, 2.24) is 0 Å². The molecule has 0 aromatic carbocycles. The first-order valence-corrected chi connectivity index (χ1v) is 6.81. The van der Waals surface area contributed by atoms with Crippen LogP contribution in [0.15, 0.2) is 0 Å². The highest BCUT2D eigenvalue weighted by atomic mass is 16.4. The maximum absolute atomic E-state index is 11.2. The molecular weight excluding hydrogens is 232 g/mol. The lowest BCUT2D eigenvalue weighted by atomic mass is 10.0. The van der Waals surface area contributed by atoms with Crippen molar-refractivity contribution in [3.05, 3.63) is 0 Å². The Bertz CT molecular complexity index is 271. The van der Waals surface area contributed by atoms with E-state index in [2.05, 4.69) is 0 Å². The second-order valence-electron chi connectivity index (χ2n) is 4.67. The van der Waals surface area contributed by atoms with E-state index in [1.165, 1.54) is 0 Å². The fourth-order valence-corrected chi connectivity index (χ4v) is 1.84. The fraction of sp³-hybridized carbons (Fsp3) is 0.786. The highest BCUT2D eigenvalue weighted by Gasteiger charge is 2.06. The van der Waals surface area contributed by atoms with Crippen LogP contribution in [0.3, 0.4) is 0 Å². The maximum atomic E-state index is 11.2. The summed E-state index contributed by atoms with van der Waals surface area (Å²) in [5.74, 6) is -0.899. The van der Waals surface area contributed by atoms with Gasteiger partial charge >= 0.3 is 5.97 Å². The third-order valence-electron chi connectivity index (χ3n) is 2.79. The Balaban J connectivity index is 3.28. The molecule has 18 heavy (non-hydrogen) atoms. The van der Waals surface area contributed by atoms with E-state index in [0.717, 1.165) is 38.5 Å². The quantitative estimate of drug-likeness (QED) is 0.430. The van der Waals surface area contributed by atoms with Crippen LogP contribution >= 0.6 is 0 Å². The lowest BCUT2D eigenvalue weighted by Gasteiger charge is -2.01. The summed E-state index contributed by atoms with van der Waals surface area (Å²) in [6.45, 7) is 2.01. The zero-order chi connectivity index (χ0) is 13.8. The van der Waals surface area contributed by atoms with E-state index in [4.69, 9.17) is 5.11 Å². The van der Waals surface area contributed by atoms with Crippen LogP contribution in [0.2, 0.25) is 0 Å². The SMILES string of the molecule is CCCC(=O)CCCCCCCC(=O)CC(=O)O. The van der Waals surface area contributed by atoms with Crippen LogP contribution in [-0.4, -0.2) is 22.6 Å². The average molecular weight is 256 g/mol. The number of hydrogen-bond donors (Lipinski definition) is 1. The van der Waals surface area contributed by atoms with Gasteiger partial charge in [0.1, 0.15) is 18.0 Å². The van der Waals surface area contributed by atoms with E-state index in [1.807, 2.05) is 6.92 Å². The summed E-state index contributed by atoms with van der Waals surface area (Å²) in [6, 6.07) is 0. The van der Waals surface area contributed by atoms with Gasteiger partial charge in [-0.3, -0.25) is 14.4 Å². The molecule has 0 unspecified atom stereocenters. The molecule has 0 radical (unpaired) electrons. The van der Waals surface area contributed by atoms with Gasteiger partial charge in [-0.25, -0.2) is 0 Å². The molecule has 1 N–H and O–H groups in total. The normalized spacial score (nSPS) is 10.3. The van der Waals surface area contributed by atoms with Crippen molar-refractivity contribution in [1.29, 1.82) is 0 Å². The predicted octanol–water partition coefficient (Wildman–Crippen LogP) is 3.13.